The predicted octanol–water partition coefficient (Wildman–Crippen LogP) is 2.31. The third-order valence-corrected chi connectivity index (χ3v) is 4.88. The average Bonchev–Trinajstić information content (AvgIpc) is 2.86. The van der Waals surface area contributed by atoms with Gasteiger partial charge in [-0.1, -0.05) is 46.2 Å². The summed E-state index contributed by atoms with van der Waals surface area (Å²) in [7, 11) is 0. The SMILES string of the molecule is CC[C@H](C)[C@@H](C(=O)N[C@@H](CC(C)C)C(=O)O)N1C(=O)c2ccccc2C1=O. The molecule has 1 heterocycles. The molecule has 7 heteroatoms. The van der Waals surface area contributed by atoms with E-state index in [0.717, 1.165) is 4.90 Å². The van der Waals surface area contributed by atoms with Gasteiger partial charge in [-0.05, 0) is 30.4 Å². The maximum atomic E-state index is 12.9. The van der Waals surface area contributed by atoms with E-state index >= 15 is 0 Å². The van der Waals surface area contributed by atoms with E-state index in [2.05, 4.69) is 5.32 Å². The summed E-state index contributed by atoms with van der Waals surface area (Å²) in [6, 6.07) is 4.31. The van der Waals surface area contributed by atoms with Crippen molar-refractivity contribution in [2.75, 3.05) is 0 Å². The second-order valence-corrected chi connectivity index (χ2v) is 7.39. The number of carbonyl (C=O) groups excluding carboxylic acids is 3. The number of aliphatic carboxylic acids is 1. The topological polar surface area (TPSA) is 104 Å². The largest absolute Gasteiger partial charge is 0.480 e. The first-order valence-electron chi connectivity index (χ1n) is 9.19. The molecule has 0 aliphatic carbocycles. The number of benzene rings is 1. The molecule has 0 saturated carbocycles. The molecule has 3 amide bonds. The summed E-state index contributed by atoms with van der Waals surface area (Å²) < 4.78 is 0. The Bertz CT molecular complexity index is 723. The fraction of sp³-hybridized carbons (Fsp3) is 0.500. The minimum Gasteiger partial charge on any atom is -0.480 e. The number of hydrogen-bond donors (Lipinski definition) is 2. The second kappa shape index (κ2) is 8.33. The molecule has 2 rings (SSSR count). The van der Waals surface area contributed by atoms with Crippen LogP contribution < -0.4 is 5.32 Å². The number of hydrogen-bond acceptors (Lipinski definition) is 4. The van der Waals surface area contributed by atoms with Gasteiger partial charge in [0, 0.05) is 0 Å². The highest BCUT2D eigenvalue weighted by molar-refractivity contribution is 6.22. The zero-order valence-corrected chi connectivity index (χ0v) is 16.1. The molecule has 27 heavy (non-hydrogen) atoms. The van der Waals surface area contributed by atoms with Gasteiger partial charge in [0.1, 0.15) is 12.1 Å². The van der Waals surface area contributed by atoms with E-state index in [9.17, 15) is 24.3 Å². The summed E-state index contributed by atoms with van der Waals surface area (Å²) in [5.41, 5.74) is 0.529. The van der Waals surface area contributed by atoms with Crippen molar-refractivity contribution in [3.8, 4) is 0 Å². The Kier molecular flexibility index (Phi) is 6.36. The summed E-state index contributed by atoms with van der Waals surface area (Å²) >= 11 is 0. The molecule has 0 radical (unpaired) electrons. The van der Waals surface area contributed by atoms with Crippen LogP contribution in [0.25, 0.3) is 0 Å². The lowest BCUT2D eigenvalue weighted by Gasteiger charge is -2.31. The van der Waals surface area contributed by atoms with Crippen LogP contribution in [0.15, 0.2) is 24.3 Å². The fourth-order valence-electron chi connectivity index (χ4n) is 3.26. The van der Waals surface area contributed by atoms with Crippen molar-refractivity contribution in [2.45, 2.75) is 52.6 Å². The Morgan fingerprint density at radius 1 is 1.07 bits per heavy atom. The quantitative estimate of drug-likeness (QED) is 0.680. The summed E-state index contributed by atoms with van der Waals surface area (Å²) in [6.07, 6.45) is 0.809. The first-order chi connectivity index (χ1) is 12.7. The van der Waals surface area contributed by atoms with Gasteiger partial charge in [0.15, 0.2) is 0 Å². The molecule has 0 saturated heterocycles. The third-order valence-electron chi connectivity index (χ3n) is 4.88. The van der Waals surface area contributed by atoms with Gasteiger partial charge in [0.2, 0.25) is 5.91 Å². The molecular formula is C20H26N2O5. The smallest absolute Gasteiger partial charge is 0.326 e. The standard InChI is InChI=1S/C20H26N2O5/c1-5-12(4)16(17(23)21-15(20(26)27)10-11(2)3)22-18(24)13-8-6-7-9-14(13)19(22)25/h6-9,11-12,15-16H,5,10H2,1-4H3,(H,21,23)(H,26,27)/t12-,15-,16-/m0/s1. The van der Waals surface area contributed by atoms with E-state index in [1.807, 2.05) is 20.8 Å². The molecule has 0 aromatic heterocycles. The van der Waals surface area contributed by atoms with Gasteiger partial charge in [0.05, 0.1) is 11.1 Å². The minimum absolute atomic E-state index is 0.0627. The van der Waals surface area contributed by atoms with Gasteiger partial charge in [-0.15, -0.1) is 0 Å². The van der Waals surface area contributed by atoms with Crippen LogP contribution in [-0.2, 0) is 9.59 Å². The zero-order chi connectivity index (χ0) is 20.3. The molecule has 1 aromatic carbocycles. The summed E-state index contributed by atoms with van der Waals surface area (Å²) in [5.74, 6) is -3.05. The first kappa shape index (κ1) is 20.6. The van der Waals surface area contributed by atoms with Crippen molar-refractivity contribution >= 4 is 23.7 Å². The number of amides is 3. The molecule has 1 aromatic rings. The molecule has 0 spiro atoms. The molecule has 3 atom stereocenters. The van der Waals surface area contributed by atoms with Gasteiger partial charge in [-0.2, -0.15) is 0 Å². The maximum absolute atomic E-state index is 12.9. The van der Waals surface area contributed by atoms with Gasteiger partial charge in [-0.25, -0.2) is 4.79 Å². The van der Waals surface area contributed by atoms with E-state index in [1.54, 1.807) is 31.2 Å². The van der Waals surface area contributed by atoms with Gasteiger partial charge in [-0.3, -0.25) is 19.3 Å². The Morgan fingerprint density at radius 2 is 1.59 bits per heavy atom. The van der Waals surface area contributed by atoms with Crippen molar-refractivity contribution in [3.63, 3.8) is 0 Å². The van der Waals surface area contributed by atoms with Crippen LogP contribution in [0.1, 0.15) is 61.3 Å². The van der Waals surface area contributed by atoms with Gasteiger partial charge in [0.25, 0.3) is 11.8 Å². The maximum Gasteiger partial charge on any atom is 0.326 e. The number of rotatable bonds is 8. The van der Waals surface area contributed by atoms with Crippen LogP contribution in [0, 0.1) is 11.8 Å². The van der Waals surface area contributed by atoms with Gasteiger partial charge < -0.3 is 10.4 Å². The van der Waals surface area contributed by atoms with E-state index in [-0.39, 0.29) is 29.4 Å². The Morgan fingerprint density at radius 3 is 2.00 bits per heavy atom. The highest BCUT2D eigenvalue weighted by Crippen LogP contribution is 2.28. The average molecular weight is 374 g/mol. The van der Waals surface area contributed by atoms with Crippen molar-refractivity contribution < 1.29 is 24.3 Å². The fourth-order valence-corrected chi connectivity index (χ4v) is 3.26. The van der Waals surface area contributed by atoms with Crippen LogP contribution in [0.3, 0.4) is 0 Å². The van der Waals surface area contributed by atoms with E-state index in [4.69, 9.17) is 0 Å². The highest BCUT2D eigenvalue weighted by atomic mass is 16.4. The zero-order valence-electron chi connectivity index (χ0n) is 16.1. The lowest BCUT2D eigenvalue weighted by molar-refractivity contribution is -0.143. The lowest BCUT2D eigenvalue weighted by atomic mass is 9.95. The van der Waals surface area contributed by atoms with Crippen molar-refractivity contribution in [1.29, 1.82) is 0 Å². The highest BCUT2D eigenvalue weighted by Gasteiger charge is 2.45. The predicted molar refractivity (Wildman–Crippen MR) is 99.2 cm³/mol. The van der Waals surface area contributed by atoms with Crippen LogP contribution in [0.2, 0.25) is 0 Å². The second-order valence-electron chi connectivity index (χ2n) is 7.39. The lowest BCUT2D eigenvalue weighted by Crippen LogP contribution is -2.56. The number of carboxylic acids is 1. The minimum atomic E-state index is -1.14. The van der Waals surface area contributed by atoms with Crippen LogP contribution >= 0.6 is 0 Å². The van der Waals surface area contributed by atoms with Crippen molar-refractivity contribution in [3.05, 3.63) is 35.4 Å². The van der Waals surface area contributed by atoms with Gasteiger partial charge >= 0.3 is 5.97 Å². The third kappa shape index (κ3) is 4.18. The van der Waals surface area contributed by atoms with Crippen LogP contribution in [0.5, 0.6) is 0 Å². The summed E-state index contributed by atoms with van der Waals surface area (Å²) in [5, 5.41) is 11.9. The summed E-state index contributed by atoms with van der Waals surface area (Å²) in [6.45, 7) is 7.34. The number of carboxylic acid groups (broad SMARTS) is 1. The number of carbonyl (C=O) groups is 4. The van der Waals surface area contributed by atoms with Crippen molar-refractivity contribution in [2.24, 2.45) is 11.8 Å². The van der Waals surface area contributed by atoms with E-state index < -0.39 is 35.8 Å². The molecule has 7 nitrogen and oxygen atoms in total. The van der Waals surface area contributed by atoms with Crippen LogP contribution in [0.4, 0.5) is 0 Å². The number of nitrogens with one attached hydrogen (secondary N) is 1. The molecule has 0 unspecified atom stereocenters. The summed E-state index contributed by atoms with van der Waals surface area (Å²) in [4.78, 5) is 51.0. The molecule has 0 bridgehead atoms. The molecular weight excluding hydrogens is 348 g/mol. The van der Waals surface area contributed by atoms with E-state index in [1.165, 1.54) is 0 Å². The van der Waals surface area contributed by atoms with Crippen molar-refractivity contribution in [1.82, 2.24) is 10.2 Å². The normalized spacial score (nSPS) is 16.9. The van der Waals surface area contributed by atoms with E-state index in [0.29, 0.717) is 6.42 Å². The molecule has 146 valence electrons. The number of nitrogens with zero attached hydrogens (tertiary/aromatic N) is 1. The van der Waals surface area contributed by atoms with Crippen LogP contribution in [-0.4, -0.2) is 45.8 Å². The Labute approximate surface area is 158 Å². The monoisotopic (exact) mass is 374 g/mol. The molecule has 0 fully saturated rings. The Hall–Kier alpha value is -2.70. The molecule has 1 aliphatic rings. The number of imide groups is 1. The first-order valence-corrected chi connectivity index (χ1v) is 9.19. The Balaban J connectivity index is 2.33. The number of fused-ring (bicyclic) bond motifs is 1. The molecule has 1 aliphatic heterocycles. The molecule has 2 N–H and O–H groups in total.